The molecule has 5 heteroatoms. The summed E-state index contributed by atoms with van der Waals surface area (Å²) in [6, 6.07) is 7.22. The number of benzene rings is 1. The van der Waals surface area contributed by atoms with Crippen molar-refractivity contribution in [2.24, 2.45) is 0 Å². The first-order valence-electron chi connectivity index (χ1n) is 5.82. The number of carbonyl (C=O) groups excluding carboxylic acids is 1. The first kappa shape index (κ1) is 17.4. The van der Waals surface area contributed by atoms with E-state index < -0.39 is 0 Å². The van der Waals surface area contributed by atoms with E-state index in [1.807, 2.05) is 12.1 Å². The maximum absolute atomic E-state index is 11.7. The molecule has 102 valence electrons. The molecule has 3 nitrogen and oxygen atoms in total. The molecule has 0 fully saturated rings. The largest absolute Gasteiger partial charge is 1.00 e. The molecule has 0 atom stereocenters. The van der Waals surface area contributed by atoms with E-state index in [1.165, 1.54) is 0 Å². The van der Waals surface area contributed by atoms with Crippen molar-refractivity contribution < 1.29 is 21.9 Å². The molecule has 0 bridgehead atoms. The lowest BCUT2D eigenvalue weighted by molar-refractivity contribution is -0.0000223. The molecule has 0 saturated heterocycles. The quantitative estimate of drug-likeness (QED) is 0.683. The van der Waals surface area contributed by atoms with Crippen molar-refractivity contribution in [1.29, 1.82) is 0 Å². The van der Waals surface area contributed by atoms with Gasteiger partial charge in [0.05, 0.1) is 5.56 Å². The fourth-order valence-electron chi connectivity index (χ4n) is 1.51. The Bertz CT molecular complexity index is 370. The van der Waals surface area contributed by atoms with E-state index in [0.717, 1.165) is 24.1 Å². The molecule has 1 rings (SSSR count). The maximum atomic E-state index is 11.7. The Morgan fingerprint density at radius 3 is 2.56 bits per heavy atom. The fourth-order valence-corrected chi connectivity index (χ4v) is 1.91. The molecule has 0 amide bonds. The summed E-state index contributed by atoms with van der Waals surface area (Å²) in [6.45, 7) is 7.37. The van der Waals surface area contributed by atoms with Gasteiger partial charge in [-0.25, -0.2) is 4.79 Å². The van der Waals surface area contributed by atoms with Crippen LogP contribution in [-0.2, 0) is 4.74 Å². The number of rotatable bonds is 6. The van der Waals surface area contributed by atoms with Gasteiger partial charge in [-0.15, -0.1) is 0 Å². The minimum absolute atomic E-state index is 0. The van der Waals surface area contributed by atoms with E-state index in [-0.39, 0.29) is 18.4 Å². The van der Waals surface area contributed by atoms with Crippen LogP contribution in [0.5, 0.6) is 0 Å². The lowest BCUT2D eigenvalue weighted by atomic mass is 10.2. The molecule has 0 aliphatic rings. The molecule has 18 heavy (non-hydrogen) atoms. The third-order valence-corrected chi connectivity index (χ3v) is 3.09. The van der Waals surface area contributed by atoms with Crippen LogP contribution in [-0.4, -0.2) is 37.1 Å². The van der Waals surface area contributed by atoms with Gasteiger partial charge in [0.15, 0.2) is 0 Å². The van der Waals surface area contributed by atoms with Gasteiger partial charge in [-0.3, -0.25) is 0 Å². The molecular weight excluding hydrogens is 318 g/mol. The van der Waals surface area contributed by atoms with Crippen molar-refractivity contribution in [3.8, 4) is 0 Å². The predicted molar refractivity (Wildman–Crippen MR) is 72.2 cm³/mol. The summed E-state index contributed by atoms with van der Waals surface area (Å²) in [7, 11) is 0. The standard InChI is InChI=1S/C13H18BrNO2.ClH/c1-3-15(4-2)8-9-17-13(16)11-6-5-7-12(14)10-11;/h5-7,10H,3-4,8-9H2,1-2H3;1H/p-1. The summed E-state index contributed by atoms with van der Waals surface area (Å²) in [4.78, 5) is 13.9. The van der Waals surface area contributed by atoms with Crippen LogP contribution >= 0.6 is 15.9 Å². The van der Waals surface area contributed by atoms with E-state index in [1.54, 1.807) is 12.1 Å². The molecule has 0 aliphatic heterocycles. The van der Waals surface area contributed by atoms with Gasteiger partial charge in [0.25, 0.3) is 0 Å². The van der Waals surface area contributed by atoms with Crippen LogP contribution in [0.2, 0.25) is 0 Å². The molecule has 0 spiro atoms. The van der Waals surface area contributed by atoms with E-state index in [9.17, 15) is 4.79 Å². The van der Waals surface area contributed by atoms with Gasteiger partial charge in [0, 0.05) is 11.0 Å². The number of esters is 1. The maximum Gasteiger partial charge on any atom is 0.338 e. The smallest absolute Gasteiger partial charge is 0.338 e. The summed E-state index contributed by atoms with van der Waals surface area (Å²) in [5.74, 6) is -0.265. The van der Waals surface area contributed by atoms with Crippen molar-refractivity contribution >= 4 is 21.9 Å². The third-order valence-electron chi connectivity index (χ3n) is 2.60. The summed E-state index contributed by atoms with van der Waals surface area (Å²) in [5, 5.41) is 0. The number of hydrogen-bond acceptors (Lipinski definition) is 3. The Hall–Kier alpha value is -0.580. The minimum atomic E-state index is -0.265. The highest BCUT2D eigenvalue weighted by molar-refractivity contribution is 9.10. The van der Waals surface area contributed by atoms with Crippen LogP contribution in [0.15, 0.2) is 28.7 Å². The molecule has 1 aromatic rings. The molecule has 0 radical (unpaired) electrons. The summed E-state index contributed by atoms with van der Waals surface area (Å²) >= 11 is 3.33. The number of ether oxygens (including phenoxy) is 1. The van der Waals surface area contributed by atoms with Crippen molar-refractivity contribution in [1.82, 2.24) is 4.90 Å². The van der Waals surface area contributed by atoms with Gasteiger partial charge >= 0.3 is 5.97 Å². The van der Waals surface area contributed by atoms with Crippen molar-refractivity contribution in [2.45, 2.75) is 13.8 Å². The van der Waals surface area contributed by atoms with Crippen molar-refractivity contribution in [3.63, 3.8) is 0 Å². The SMILES string of the molecule is CCN(CC)CCOC(=O)c1cccc(Br)c1.[Cl-]. The number of halogens is 2. The average Bonchev–Trinajstić information content (AvgIpc) is 2.34. The highest BCUT2D eigenvalue weighted by Crippen LogP contribution is 2.12. The number of nitrogens with zero attached hydrogens (tertiary/aromatic N) is 1. The first-order chi connectivity index (χ1) is 8.17. The van der Waals surface area contributed by atoms with E-state index in [0.29, 0.717) is 12.2 Å². The number of hydrogen-bond donors (Lipinski definition) is 0. The van der Waals surface area contributed by atoms with Crippen LogP contribution in [0.3, 0.4) is 0 Å². The number of likely N-dealkylation sites (N-methyl/N-ethyl adjacent to an activating group) is 1. The van der Waals surface area contributed by atoms with Gasteiger partial charge in [-0.2, -0.15) is 0 Å². The Labute approximate surface area is 123 Å². The van der Waals surface area contributed by atoms with Crippen LogP contribution in [0.1, 0.15) is 24.2 Å². The highest BCUT2D eigenvalue weighted by Gasteiger charge is 2.07. The Balaban J connectivity index is 0.00000289. The summed E-state index contributed by atoms with van der Waals surface area (Å²) in [6.07, 6.45) is 0. The monoisotopic (exact) mass is 334 g/mol. The molecule has 0 heterocycles. The molecule has 0 aliphatic carbocycles. The Morgan fingerprint density at radius 1 is 1.33 bits per heavy atom. The first-order valence-corrected chi connectivity index (χ1v) is 6.61. The second-order valence-corrected chi connectivity index (χ2v) is 4.59. The normalized spacial score (nSPS) is 10.0. The second-order valence-electron chi connectivity index (χ2n) is 3.67. The lowest BCUT2D eigenvalue weighted by Crippen LogP contribution is -3.00. The highest BCUT2D eigenvalue weighted by atomic mass is 79.9. The molecule has 0 aromatic heterocycles. The number of carbonyl (C=O) groups is 1. The summed E-state index contributed by atoms with van der Waals surface area (Å²) in [5.41, 5.74) is 0.582. The van der Waals surface area contributed by atoms with Gasteiger partial charge in [-0.1, -0.05) is 35.8 Å². The lowest BCUT2D eigenvalue weighted by Gasteiger charge is -2.17. The predicted octanol–water partition coefficient (Wildman–Crippen LogP) is -0.0483. The topological polar surface area (TPSA) is 29.5 Å². The molecule has 1 aromatic carbocycles. The molecule has 0 unspecified atom stereocenters. The van der Waals surface area contributed by atoms with Crippen molar-refractivity contribution in [2.75, 3.05) is 26.2 Å². The average molecular weight is 336 g/mol. The van der Waals surface area contributed by atoms with Gasteiger partial charge < -0.3 is 22.0 Å². The van der Waals surface area contributed by atoms with Crippen LogP contribution in [0, 0.1) is 0 Å². The Kier molecular flexibility index (Phi) is 9.06. The molecule has 0 N–H and O–H groups in total. The van der Waals surface area contributed by atoms with E-state index >= 15 is 0 Å². The second kappa shape index (κ2) is 9.36. The Morgan fingerprint density at radius 2 is 2.00 bits per heavy atom. The zero-order chi connectivity index (χ0) is 12.7. The molecule has 0 saturated carbocycles. The zero-order valence-electron chi connectivity index (χ0n) is 10.7. The van der Waals surface area contributed by atoms with Gasteiger partial charge in [0.2, 0.25) is 0 Å². The summed E-state index contributed by atoms with van der Waals surface area (Å²) < 4.78 is 6.10. The fraction of sp³-hybridized carbons (Fsp3) is 0.462. The van der Waals surface area contributed by atoms with Gasteiger partial charge in [0.1, 0.15) is 6.61 Å². The third kappa shape index (κ3) is 5.85. The molecular formula is C13H18BrClNO2-. The zero-order valence-corrected chi connectivity index (χ0v) is 13.0. The van der Waals surface area contributed by atoms with Gasteiger partial charge in [-0.05, 0) is 31.3 Å². The van der Waals surface area contributed by atoms with Crippen LogP contribution < -0.4 is 12.4 Å². The van der Waals surface area contributed by atoms with E-state index in [2.05, 4.69) is 34.7 Å². The van der Waals surface area contributed by atoms with Crippen LogP contribution in [0.25, 0.3) is 0 Å². The van der Waals surface area contributed by atoms with Crippen molar-refractivity contribution in [3.05, 3.63) is 34.3 Å². The minimum Gasteiger partial charge on any atom is -1.00 e. The van der Waals surface area contributed by atoms with Crippen LogP contribution in [0.4, 0.5) is 0 Å². The van der Waals surface area contributed by atoms with E-state index in [4.69, 9.17) is 4.74 Å².